The van der Waals surface area contributed by atoms with Gasteiger partial charge in [0.2, 0.25) is 17.7 Å². The first-order valence-electron chi connectivity index (χ1n) is 10.1. The Balaban J connectivity index is 1.48. The van der Waals surface area contributed by atoms with E-state index in [1.807, 2.05) is 5.32 Å². The summed E-state index contributed by atoms with van der Waals surface area (Å²) in [7, 11) is 0. The van der Waals surface area contributed by atoms with Crippen LogP contribution in [0.1, 0.15) is 22.8 Å². The number of hydrogen-bond donors (Lipinski definition) is 6. The summed E-state index contributed by atoms with van der Waals surface area (Å²) in [6.07, 6.45) is -0.752. The molecule has 0 bridgehead atoms. The number of carbonyl (C=O) groups excluding carboxylic acids is 4. The number of nitrogens with one attached hydrogen (secondary N) is 2. The Morgan fingerprint density at radius 1 is 0.914 bits per heavy atom. The molecular weight excluding hydrogens is 482 g/mol. The van der Waals surface area contributed by atoms with Crippen LogP contribution in [0.2, 0.25) is 0 Å². The maximum atomic E-state index is 12.4. The summed E-state index contributed by atoms with van der Waals surface area (Å²) in [5.41, 5.74) is -0.202. The zero-order valence-corrected chi connectivity index (χ0v) is 19.0. The molecule has 35 heavy (non-hydrogen) atoms. The molecule has 0 aromatic heterocycles. The first-order valence-corrected chi connectivity index (χ1v) is 11.3. The topological polar surface area (TPSA) is 195 Å². The van der Waals surface area contributed by atoms with Crippen LogP contribution in [0, 0.1) is 0 Å². The molecule has 1 aliphatic heterocycles. The molecule has 12 nitrogen and oxygen atoms in total. The number of amides is 4. The third-order valence-electron chi connectivity index (χ3n) is 4.75. The maximum absolute atomic E-state index is 12.4. The predicted octanol–water partition coefficient (Wildman–Crippen LogP) is 0.375. The van der Waals surface area contributed by atoms with Crippen LogP contribution in [-0.2, 0) is 19.1 Å². The number of nitrogens with zero attached hydrogens (tertiary/aromatic N) is 1. The minimum atomic E-state index is -1.09. The van der Waals surface area contributed by atoms with Crippen molar-refractivity contribution < 1.29 is 44.3 Å². The highest BCUT2D eigenvalue weighted by molar-refractivity contribution is 8.00. The average molecular weight is 503 g/mol. The standard InChI is InChI=1S/C22H21N3O9S/c1-10-17(25-22(34-10)12-5-3-7-14(27)19(12)31)21(33)24-16(29)9-35-8-15(28)23-20(32)11-4-2-6-13(26)18(11)30/h2-7,10,17,26-27,30-31H,8-9H2,1H3,(H,23,28,32)(H,24,29,33)/t10?,17-/m0/s1. The molecule has 0 saturated carbocycles. The van der Waals surface area contributed by atoms with Gasteiger partial charge in [-0.25, -0.2) is 4.99 Å². The van der Waals surface area contributed by atoms with Crippen molar-refractivity contribution in [1.29, 1.82) is 0 Å². The van der Waals surface area contributed by atoms with Crippen molar-refractivity contribution in [1.82, 2.24) is 10.6 Å². The Morgan fingerprint density at radius 3 is 2.20 bits per heavy atom. The van der Waals surface area contributed by atoms with Gasteiger partial charge in [0.05, 0.1) is 22.6 Å². The Labute approximate surface area is 202 Å². The fourth-order valence-corrected chi connectivity index (χ4v) is 3.66. The first kappa shape index (κ1) is 25.4. The van der Waals surface area contributed by atoms with E-state index in [1.54, 1.807) is 6.92 Å². The Morgan fingerprint density at radius 2 is 1.51 bits per heavy atom. The number of carbonyl (C=O) groups is 4. The smallest absolute Gasteiger partial charge is 0.261 e. The summed E-state index contributed by atoms with van der Waals surface area (Å²) < 4.78 is 5.48. The lowest BCUT2D eigenvalue weighted by molar-refractivity contribution is -0.130. The summed E-state index contributed by atoms with van der Waals surface area (Å²) in [5, 5.41) is 42.8. The molecule has 6 N–H and O–H groups in total. The van der Waals surface area contributed by atoms with Gasteiger partial charge in [-0.05, 0) is 31.2 Å². The van der Waals surface area contributed by atoms with E-state index in [1.165, 1.54) is 36.4 Å². The molecule has 13 heteroatoms. The predicted molar refractivity (Wildman–Crippen MR) is 123 cm³/mol. The third-order valence-corrected chi connectivity index (χ3v) is 5.69. The van der Waals surface area contributed by atoms with Gasteiger partial charge >= 0.3 is 0 Å². The van der Waals surface area contributed by atoms with Crippen molar-refractivity contribution in [2.24, 2.45) is 4.99 Å². The zero-order chi connectivity index (χ0) is 25.7. The van der Waals surface area contributed by atoms with Crippen LogP contribution in [0.5, 0.6) is 23.0 Å². The summed E-state index contributed by atoms with van der Waals surface area (Å²) in [6.45, 7) is 1.55. The van der Waals surface area contributed by atoms with Crippen LogP contribution in [-0.4, -0.2) is 73.6 Å². The number of hydrogen-bond acceptors (Lipinski definition) is 11. The van der Waals surface area contributed by atoms with Crippen LogP contribution in [0.25, 0.3) is 0 Å². The van der Waals surface area contributed by atoms with Gasteiger partial charge in [-0.15, -0.1) is 11.8 Å². The molecule has 0 fully saturated rings. The number of benzene rings is 2. The van der Waals surface area contributed by atoms with Crippen molar-refractivity contribution in [3.8, 4) is 23.0 Å². The molecule has 2 aromatic rings. The SMILES string of the molecule is CC1OC(c2cccc(O)c2O)=N[C@@H]1C(=O)NC(=O)CSCC(=O)NC(=O)c1cccc(O)c1O. The average Bonchev–Trinajstić information content (AvgIpc) is 3.18. The van der Waals surface area contributed by atoms with E-state index in [4.69, 9.17) is 4.74 Å². The van der Waals surface area contributed by atoms with Gasteiger partial charge in [-0.2, -0.15) is 0 Å². The van der Waals surface area contributed by atoms with E-state index in [2.05, 4.69) is 10.3 Å². The van der Waals surface area contributed by atoms with Crippen LogP contribution < -0.4 is 10.6 Å². The first-order chi connectivity index (χ1) is 16.6. The van der Waals surface area contributed by atoms with Gasteiger partial charge in [0.15, 0.2) is 29.0 Å². The lowest BCUT2D eigenvalue weighted by Crippen LogP contribution is -2.42. The molecule has 1 heterocycles. The van der Waals surface area contributed by atoms with E-state index in [9.17, 15) is 39.6 Å². The minimum Gasteiger partial charge on any atom is -0.504 e. The van der Waals surface area contributed by atoms with E-state index in [0.717, 1.165) is 11.8 Å². The van der Waals surface area contributed by atoms with E-state index in [-0.39, 0.29) is 34.3 Å². The molecule has 4 amide bonds. The molecule has 2 atom stereocenters. The fraction of sp³-hybridized carbons (Fsp3) is 0.227. The molecule has 1 aliphatic rings. The lowest BCUT2D eigenvalue weighted by atomic mass is 10.1. The van der Waals surface area contributed by atoms with Crippen molar-refractivity contribution in [3.63, 3.8) is 0 Å². The van der Waals surface area contributed by atoms with Crippen LogP contribution >= 0.6 is 11.8 Å². The van der Waals surface area contributed by atoms with Crippen LogP contribution in [0.4, 0.5) is 0 Å². The van der Waals surface area contributed by atoms with Crippen LogP contribution in [0.3, 0.4) is 0 Å². The highest BCUT2D eigenvalue weighted by Crippen LogP contribution is 2.31. The molecule has 2 aromatic carbocycles. The monoisotopic (exact) mass is 503 g/mol. The van der Waals surface area contributed by atoms with Gasteiger partial charge in [-0.3, -0.25) is 29.8 Å². The van der Waals surface area contributed by atoms with Crippen molar-refractivity contribution in [2.75, 3.05) is 11.5 Å². The quantitative estimate of drug-likeness (QED) is 0.287. The molecule has 184 valence electrons. The van der Waals surface area contributed by atoms with Crippen molar-refractivity contribution in [3.05, 3.63) is 47.5 Å². The largest absolute Gasteiger partial charge is 0.504 e. The van der Waals surface area contributed by atoms with Gasteiger partial charge in [0.1, 0.15) is 6.10 Å². The van der Waals surface area contributed by atoms with Gasteiger partial charge < -0.3 is 25.2 Å². The number of rotatable bonds is 7. The van der Waals surface area contributed by atoms with E-state index >= 15 is 0 Å². The number of phenols is 4. The Hall–Kier alpha value is -4.26. The minimum absolute atomic E-state index is 0.0630. The van der Waals surface area contributed by atoms with Crippen LogP contribution in [0.15, 0.2) is 41.4 Å². The summed E-state index contributed by atoms with van der Waals surface area (Å²) in [6, 6.07) is 6.80. The molecule has 0 aliphatic carbocycles. The lowest BCUT2D eigenvalue weighted by Gasteiger charge is -2.12. The Kier molecular flexibility index (Phi) is 7.81. The second kappa shape index (κ2) is 10.8. The number of imide groups is 2. The second-order valence-corrected chi connectivity index (χ2v) is 8.32. The maximum Gasteiger partial charge on any atom is 0.261 e. The number of para-hydroxylation sites is 2. The zero-order valence-electron chi connectivity index (χ0n) is 18.2. The van der Waals surface area contributed by atoms with Crippen molar-refractivity contribution >= 4 is 41.3 Å². The molecule has 1 unspecified atom stereocenters. The molecule has 0 radical (unpaired) electrons. The molecule has 0 saturated heterocycles. The van der Waals surface area contributed by atoms with Gasteiger partial charge in [0.25, 0.3) is 11.8 Å². The number of aromatic hydroxyl groups is 4. The fourth-order valence-electron chi connectivity index (χ4n) is 3.04. The van der Waals surface area contributed by atoms with E-state index in [0.29, 0.717) is 0 Å². The normalized spacial score (nSPS) is 16.7. The number of ether oxygens (including phenoxy) is 1. The molecular formula is C22H21N3O9S. The van der Waals surface area contributed by atoms with Gasteiger partial charge in [-0.1, -0.05) is 12.1 Å². The summed E-state index contributed by atoms with van der Waals surface area (Å²) >= 11 is 0.832. The molecule has 0 spiro atoms. The highest BCUT2D eigenvalue weighted by atomic mass is 32.2. The number of aliphatic imine (C=N–C) groups is 1. The molecule has 3 rings (SSSR count). The van der Waals surface area contributed by atoms with E-state index < -0.39 is 53.0 Å². The number of thioether (sulfide) groups is 1. The summed E-state index contributed by atoms with van der Waals surface area (Å²) in [4.78, 5) is 52.6. The summed E-state index contributed by atoms with van der Waals surface area (Å²) in [5.74, 6) is -5.80. The van der Waals surface area contributed by atoms with Crippen molar-refractivity contribution in [2.45, 2.75) is 19.1 Å². The number of phenolic OH excluding ortho intramolecular Hbond substituents is 4. The third kappa shape index (κ3) is 6.00. The Bertz CT molecular complexity index is 1210. The van der Waals surface area contributed by atoms with Gasteiger partial charge in [0, 0.05) is 0 Å². The highest BCUT2D eigenvalue weighted by Gasteiger charge is 2.35. The second-order valence-electron chi connectivity index (χ2n) is 7.33.